The van der Waals surface area contributed by atoms with Crippen molar-refractivity contribution in [3.8, 4) is 5.75 Å². The van der Waals surface area contributed by atoms with Gasteiger partial charge in [0.1, 0.15) is 17.6 Å². The van der Waals surface area contributed by atoms with Crippen molar-refractivity contribution in [2.75, 3.05) is 13.2 Å². The molecule has 2 aromatic carbocycles. The molecule has 154 valence electrons. The number of halogens is 1. The monoisotopic (exact) mass is 401 g/mol. The van der Waals surface area contributed by atoms with Gasteiger partial charge in [-0.3, -0.25) is 9.59 Å². The van der Waals surface area contributed by atoms with Crippen molar-refractivity contribution < 1.29 is 28.2 Å². The maximum absolute atomic E-state index is 12.9. The van der Waals surface area contributed by atoms with Crippen LogP contribution in [0.4, 0.5) is 4.39 Å². The van der Waals surface area contributed by atoms with Crippen LogP contribution in [0.5, 0.6) is 5.75 Å². The molecule has 0 unspecified atom stereocenters. The van der Waals surface area contributed by atoms with Gasteiger partial charge in [0.05, 0.1) is 6.61 Å². The predicted molar refractivity (Wildman–Crippen MR) is 105 cm³/mol. The van der Waals surface area contributed by atoms with E-state index in [0.29, 0.717) is 17.9 Å². The lowest BCUT2D eigenvalue weighted by atomic mass is 10.0. The second-order valence-electron chi connectivity index (χ2n) is 6.69. The molecule has 0 aliphatic rings. The molecule has 0 aromatic heterocycles. The highest BCUT2D eigenvalue weighted by Gasteiger charge is 2.27. The Morgan fingerprint density at radius 2 is 1.55 bits per heavy atom. The first-order valence-electron chi connectivity index (χ1n) is 9.31. The molecular weight excluding hydrogens is 377 g/mol. The minimum Gasteiger partial charge on any atom is -0.494 e. The molecule has 0 spiro atoms. The standard InChI is InChI=1S/C22H24FNO5/c1-4-28-18-11-7-16(8-12-18)21(26)24-20(14(2)3)22(27)29-13-19(25)15-5-9-17(23)10-6-15/h5-12,14,20H,4,13H2,1-3H3,(H,24,26)/t20-/m0/s1. The van der Waals surface area contributed by atoms with Crippen LogP contribution in [-0.4, -0.2) is 36.9 Å². The van der Waals surface area contributed by atoms with Gasteiger partial charge in [-0.05, 0) is 61.4 Å². The van der Waals surface area contributed by atoms with E-state index in [9.17, 15) is 18.8 Å². The number of amides is 1. The van der Waals surface area contributed by atoms with Crippen LogP contribution in [0.2, 0.25) is 0 Å². The van der Waals surface area contributed by atoms with Crippen LogP contribution in [0, 0.1) is 11.7 Å². The van der Waals surface area contributed by atoms with Crippen molar-refractivity contribution in [1.29, 1.82) is 0 Å². The molecule has 1 N–H and O–H groups in total. The number of carbonyl (C=O) groups excluding carboxylic acids is 3. The molecule has 0 radical (unpaired) electrons. The Labute approximate surface area is 169 Å². The van der Waals surface area contributed by atoms with Gasteiger partial charge in [-0.25, -0.2) is 9.18 Å². The van der Waals surface area contributed by atoms with Crippen molar-refractivity contribution in [2.45, 2.75) is 26.8 Å². The fraction of sp³-hybridized carbons (Fsp3) is 0.318. The third kappa shape index (κ3) is 6.41. The van der Waals surface area contributed by atoms with Crippen LogP contribution >= 0.6 is 0 Å². The summed E-state index contributed by atoms with van der Waals surface area (Å²) in [5.74, 6) is -1.68. The quantitative estimate of drug-likeness (QED) is 0.514. The number of rotatable bonds is 9. The molecule has 2 rings (SSSR count). The highest BCUT2D eigenvalue weighted by Crippen LogP contribution is 2.13. The molecule has 6 nitrogen and oxygen atoms in total. The van der Waals surface area contributed by atoms with Crippen molar-refractivity contribution in [3.05, 3.63) is 65.5 Å². The van der Waals surface area contributed by atoms with E-state index in [4.69, 9.17) is 9.47 Å². The SMILES string of the molecule is CCOc1ccc(C(=O)N[C@H](C(=O)OCC(=O)c2ccc(F)cc2)C(C)C)cc1. The van der Waals surface area contributed by atoms with Gasteiger partial charge in [-0.15, -0.1) is 0 Å². The average molecular weight is 401 g/mol. The minimum absolute atomic E-state index is 0.235. The molecule has 0 aliphatic carbocycles. The van der Waals surface area contributed by atoms with E-state index in [1.165, 1.54) is 12.1 Å². The zero-order valence-corrected chi connectivity index (χ0v) is 16.6. The summed E-state index contributed by atoms with van der Waals surface area (Å²) in [6.07, 6.45) is 0. The normalized spacial score (nSPS) is 11.6. The molecule has 0 aliphatic heterocycles. The van der Waals surface area contributed by atoms with Crippen molar-refractivity contribution in [2.24, 2.45) is 5.92 Å². The molecule has 0 heterocycles. The van der Waals surface area contributed by atoms with Gasteiger partial charge in [-0.2, -0.15) is 0 Å². The third-order valence-electron chi connectivity index (χ3n) is 4.15. The number of esters is 1. The summed E-state index contributed by atoms with van der Waals surface area (Å²) in [5, 5.41) is 2.64. The summed E-state index contributed by atoms with van der Waals surface area (Å²) in [6, 6.07) is 10.6. The average Bonchev–Trinajstić information content (AvgIpc) is 2.71. The van der Waals surface area contributed by atoms with Crippen LogP contribution < -0.4 is 10.1 Å². The van der Waals surface area contributed by atoms with Crippen molar-refractivity contribution in [3.63, 3.8) is 0 Å². The van der Waals surface area contributed by atoms with Crippen molar-refractivity contribution >= 4 is 17.7 Å². The molecule has 0 saturated carbocycles. The Hall–Kier alpha value is -3.22. The molecule has 0 saturated heterocycles. The first-order valence-corrected chi connectivity index (χ1v) is 9.31. The molecule has 0 fully saturated rings. The predicted octanol–water partition coefficient (Wildman–Crippen LogP) is 3.40. The Morgan fingerprint density at radius 3 is 2.10 bits per heavy atom. The molecule has 0 bridgehead atoms. The Morgan fingerprint density at radius 1 is 0.966 bits per heavy atom. The fourth-order valence-corrected chi connectivity index (χ4v) is 2.54. The zero-order valence-electron chi connectivity index (χ0n) is 16.6. The van der Waals surface area contributed by atoms with Crippen LogP contribution in [0.1, 0.15) is 41.5 Å². The Kier molecular flexibility index (Phi) is 7.88. The maximum atomic E-state index is 12.9. The molecule has 1 atom stereocenters. The highest BCUT2D eigenvalue weighted by atomic mass is 19.1. The van der Waals surface area contributed by atoms with E-state index in [1.807, 2.05) is 6.92 Å². The maximum Gasteiger partial charge on any atom is 0.329 e. The van der Waals surface area contributed by atoms with Gasteiger partial charge in [0.25, 0.3) is 5.91 Å². The number of Topliss-reactive ketones (excluding diaryl/α,β-unsaturated/α-hetero) is 1. The number of benzene rings is 2. The molecule has 7 heteroatoms. The topological polar surface area (TPSA) is 81.7 Å². The summed E-state index contributed by atoms with van der Waals surface area (Å²) in [6.45, 7) is 5.40. The number of hydrogen-bond acceptors (Lipinski definition) is 5. The summed E-state index contributed by atoms with van der Waals surface area (Å²) in [7, 11) is 0. The van der Waals surface area contributed by atoms with Crippen LogP contribution in [0.25, 0.3) is 0 Å². The minimum atomic E-state index is -0.921. The fourth-order valence-electron chi connectivity index (χ4n) is 2.54. The third-order valence-corrected chi connectivity index (χ3v) is 4.15. The first kappa shape index (κ1) is 22.1. The number of hydrogen-bond donors (Lipinski definition) is 1. The Bertz CT molecular complexity index is 847. The van der Waals surface area contributed by atoms with E-state index in [2.05, 4.69) is 5.32 Å². The zero-order chi connectivity index (χ0) is 21.4. The van der Waals surface area contributed by atoms with Gasteiger partial charge >= 0.3 is 5.97 Å². The van der Waals surface area contributed by atoms with Crippen LogP contribution in [0.3, 0.4) is 0 Å². The van der Waals surface area contributed by atoms with Crippen LogP contribution in [0.15, 0.2) is 48.5 Å². The number of ketones is 1. The lowest BCUT2D eigenvalue weighted by molar-refractivity contribution is -0.145. The van der Waals surface area contributed by atoms with E-state index >= 15 is 0 Å². The lowest BCUT2D eigenvalue weighted by Gasteiger charge is -2.20. The Balaban J connectivity index is 1.96. The number of nitrogens with one attached hydrogen (secondary N) is 1. The second kappa shape index (κ2) is 10.4. The summed E-state index contributed by atoms with van der Waals surface area (Å²) < 4.78 is 23.4. The summed E-state index contributed by atoms with van der Waals surface area (Å²) in [5.41, 5.74) is 0.605. The van der Waals surface area contributed by atoms with Gasteiger partial charge in [0.15, 0.2) is 12.4 Å². The van der Waals surface area contributed by atoms with Gasteiger partial charge in [-0.1, -0.05) is 13.8 Å². The van der Waals surface area contributed by atoms with E-state index in [-0.39, 0.29) is 11.5 Å². The van der Waals surface area contributed by atoms with E-state index in [1.54, 1.807) is 38.1 Å². The molecule has 1 amide bonds. The van der Waals surface area contributed by atoms with E-state index in [0.717, 1.165) is 12.1 Å². The number of carbonyl (C=O) groups is 3. The molecule has 2 aromatic rings. The molecule has 29 heavy (non-hydrogen) atoms. The van der Waals surface area contributed by atoms with Crippen molar-refractivity contribution in [1.82, 2.24) is 5.32 Å². The van der Waals surface area contributed by atoms with E-state index < -0.39 is 36.1 Å². The van der Waals surface area contributed by atoms with Crippen LogP contribution in [-0.2, 0) is 9.53 Å². The number of ether oxygens (including phenoxy) is 2. The van der Waals surface area contributed by atoms with Gasteiger partial charge in [0.2, 0.25) is 0 Å². The van der Waals surface area contributed by atoms with Gasteiger partial charge in [0, 0.05) is 11.1 Å². The summed E-state index contributed by atoms with van der Waals surface area (Å²) >= 11 is 0. The summed E-state index contributed by atoms with van der Waals surface area (Å²) in [4.78, 5) is 37.0. The van der Waals surface area contributed by atoms with Gasteiger partial charge < -0.3 is 14.8 Å². The highest BCUT2D eigenvalue weighted by molar-refractivity contribution is 5.99. The second-order valence-corrected chi connectivity index (χ2v) is 6.69. The molecular formula is C22H24FNO5. The first-order chi connectivity index (χ1) is 13.8. The largest absolute Gasteiger partial charge is 0.494 e. The smallest absolute Gasteiger partial charge is 0.329 e. The lowest BCUT2D eigenvalue weighted by Crippen LogP contribution is -2.45.